The second-order valence-electron chi connectivity index (χ2n) is 3.87. The van der Waals surface area contributed by atoms with Crippen LogP contribution in [0.4, 0.5) is 4.79 Å². The van der Waals surface area contributed by atoms with Crippen LogP contribution in [0, 0.1) is 0 Å². The van der Waals surface area contributed by atoms with Gasteiger partial charge >= 0.3 is 6.03 Å². The molecule has 0 unspecified atom stereocenters. The molecule has 2 heterocycles. The summed E-state index contributed by atoms with van der Waals surface area (Å²) in [4.78, 5) is 15.4. The van der Waals surface area contributed by atoms with Crippen molar-refractivity contribution in [3.63, 3.8) is 0 Å². The second kappa shape index (κ2) is 3.54. The lowest BCUT2D eigenvalue weighted by molar-refractivity contribution is 0.153. The van der Waals surface area contributed by atoms with E-state index in [2.05, 4.69) is 0 Å². The first-order valence-electron chi connectivity index (χ1n) is 4.99. The van der Waals surface area contributed by atoms with E-state index in [0.717, 1.165) is 38.9 Å². The van der Waals surface area contributed by atoms with Gasteiger partial charge in [-0.05, 0) is 19.3 Å². The van der Waals surface area contributed by atoms with Gasteiger partial charge in [0.05, 0.1) is 6.10 Å². The fourth-order valence-electron chi connectivity index (χ4n) is 2.02. The Labute approximate surface area is 78.1 Å². The van der Waals surface area contributed by atoms with E-state index in [1.807, 2.05) is 4.90 Å². The van der Waals surface area contributed by atoms with E-state index in [4.69, 9.17) is 0 Å². The minimum atomic E-state index is -0.299. The molecule has 0 aromatic rings. The Balaban J connectivity index is 1.89. The standard InChI is InChI=1S/C9H16N2O2/c12-8-3-6-11(7-8)9(13)10-4-1-2-5-10/h8,12H,1-7H2/t8-/m1/s1. The fourth-order valence-corrected chi connectivity index (χ4v) is 2.02. The molecule has 2 aliphatic heterocycles. The summed E-state index contributed by atoms with van der Waals surface area (Å²) in [5, 5.41) is 9.28. The first-order chi connectivity index (χ1) is 6.27. The van der Waals surface area contributed by atoms with Gasteiger partial charge in [0, 0.05) is 26.2 Å². The van der Waals surface area contributed by atoms with Crippen LogP contribution in [0.15, 0.2) is 0 Å². The predicted octanol–water partition coefficient (Wildman–Crippen LogP) is 0.269. The summed E-state index contributed by atoms with van der Waals surface area (Å²) < 4.78 is 0. The zero-order valence-electron chi connectivity index (χ0n) is 7.78. The topological polar surface area (TPSA) is 43.8 Å². The van der Waals surface area contributed by atoms with Crippen LogP contribution in [0.1, 0.15) is 19.3 Å². The summed E-state index contributed by atoms with van der Waals surface area (Å²) in [5.41, 5.74) is 0. The van der Waals surface area contributed by atoms with Gasteiger partial charge in [-0.15, -0.1) is 0 Å². The zero-order chi connectivity index (χ0) is 9.26. The number of β-amino-alcohol motifs (C(OH)–C–C–N with tert-alkyl or cyclic N) is 1. The number of carbonyl (C=O) groups excluding carboxylic acids is 1. The van der Waals surface area contributed by atoms with Gasteiger partial charge in [-0.25, -0.2) is 4.79 Å². The molecular weight excluding hydrogens is 168 g/mol. The normalized spacial score (nSPS) is 28.5. The number of carbonyl (C=O) groups is 1. The van der Waals surface area contributed by atoms with Crippen molar-refractivity contribution in [2.45, 2.75) is 25.4 Å². The predicted molar refractivity (Wildman–Crippen MR) is 48.4 cm³/mol. The summed E-state index contributed by atoms with van der Waals surface area (Å²) in [6.07, 6.45) is 2.69. The van der Waals surface area contributed by atoms with E-state index in [0.29, 0.717) is 6.54 Å². The second-order valence-corrected chi connectivity index (χ2v) is 3.87. The molecule has 74 valence electrons. The third-order valence-electron chi connectivity index (χ3n) is 2.81. The number of amides is 2. The van der Waals surface area contributed by atoms with Crippen molar-refractivity contribution in [1.82, 2.24) is 9.80 Å². The Kier molecular flexibility index (Phi) is 2.40. The summed E-state index contributed by atoms with van der Waals surface area (Å²) in [6, 6.07) is 0.119. The first kappa shape index (κ1) is 8.81. The van der Waals surface area contributed by atoms with Gasteiger partial charge in [0.1, 0.15) is 0 Å². The molecule has 2 rings (SSSR count). The van der Waals surface area contributed by atoms with Gasteiger partial charge in [0.15, 0.2) is 0 Å². The maximum absolute atomic E-state index is 11.7. The van der Waals surface area contributed by atoms with Crippen LogP contribution < -0.4 is 0 Å². The molecule has 1 N–H and O–H groups in total. The highest BCUT2D eigenvalue weighted by molar-refractivity contribution is 5.75. The van der Waals surface area contributed by atoms with E-state index >= 15 is 0 Å². The molecule has 2 fully saturated rings. The number of nitrogens with zero attached hydrogens (tertiary/aromatic N) is 2. The fraction of sp³-hybridized carbons (Fsp3) is 0.889. The van der Waals surface area contributed by atoms with E-state index in [1.165, 1.54) is 0 Å². The van der Waals surface area contributed by atoms with Crippen LogP contribution in [0.25, 0.3) is 0 Å². The van der Waals surface area contributed by atoms with E-state index in [9.17, 15) is 9.90 Å². The molecule has 2 aliphatic rings. The highest BCUT2D eigenvalue weighted by Crippen LogP contribution is 2.15. The number of hydrogen-bond acceptors (Lipinski definition) is 2. The number of rotatable bonds is 0. The molecule has 2 saturated heterocycles. The monoisotopic (exact) mass is 184 g/mol. The Morgan fingerprint density at radius 3 is 2.38 bits per heavy atom. The molecule has 2 amide bonds. The minimum absolute atomic E-state index is 0.119. The van der Waals surface area contributed by atoms with Gasteiger partial charge in [-0.1, -0.05) is 0 Å². The maximum atomic E-state index is 11.7. The SMILES string of the molecule is O=C(N1CCCC1)N1CC[C@@H](O)C1. The van der Waals surface area contributed by atoms with Crippen molar-refractivity contribution in [1.29, 1.82) is 0 Å². The third-order valence-corrected chi connectivity index (χ3v) is 2.81. The number of aliphatic hydroxyl groups is 1. The maximum Gasteiger partial charge on any atom is 0.320 e. The zero-order valence-corrected chi connectivity index (χ0v) is 7.78. The smallest absolute Gasteiger partial charge is 0.320 e. The molecular formula is C9H16N2O2. The molecule has 1 atom stereocenters. The quantitative estimate of drug-likeness (QED) is 0.587. The molecule has 0 saturated carbocycles. The van der Waals surface area contributed by atoms with Gasteiger partial charge in [-0.3, -0.25) is 0 Å². The molecule has 4 nitrogen and oxygen atoms in total. The van der Waals surface area contributed by atoms with Crippen molar-refractivity contribution in [3.8, 4) is 0 Å². The van der Waals surface area contributed by atoms with Gasteiger partial charge in [0.25, 0.3) is 0 Å². The number of hydrogen-bond donors (Lipinski definition) is 1. The molecule has 13 heavy (non-hydrogen) atoms. The van der Waals surface area contributed by atoms with Crippen molar-refractivity contribution in [2.24, 2.45) is 0 Å². The summed E-state index contributed by atoms with van der Waals surface area (Å²) in [7, 11) is 0. The van der Waals surface area contributed by atoms with Crippen LogP contribution in [-0.4, -0.2) is 53.2 Å². The van der Waals surface area contributed by atoms with Crippen LogP contribution in [-0.2, 0) is 0 Å². The van der Waals surface area contributed by atoms with Crippen LogP contribution in [0.3, 0.4) is 0 Å². The third kappa shape index (κ3) is 1.77. The summed E-state index contributed by atoms with van der Waals surface area (Å²) >= 11 is 0. The molecule has 0 aromatic carbocycles. The Hall–Kier alpha value is -0.770. The van der Waals surface area contributed by atoms with E-state index < -0.39 is 0 Å². The lowest BCUT2D eigenvalue weighted by Crippen LogP contribution is -2.40. The molecule has 0 radical (unpaired) electrons. The van der Waals surface area contributed by atoms with Gasteiger partial charge in [0.2, 0.25) is 0 Å². The van der Waals surface area contributed by atoms with Gasteiger partial charge in [-0.2, -0.15) is 0 Å². The van der Waals surface area contributed by atoms with Crippen LogP contribution >= 0.6 is 0 Å². The minimum Gasteiger partial charge on any atom is -0.391 e. The Morgan fingerprint density at radius 1 is 1.15 bits per heavy atom. The van der Waals surface area contributed by atoms with E-state index in [1.54, 1.807) is 4.90 Å². The van der Waals surface area contributed by atoms with Crippen molar-refractivity contribution in [2.75, 3.05) is 26.2 Å². The van der Waals surface area contributed by atoms with E-state index in [-0.39, 0.29) is 12.1 Å². The number of urea groups is 1. The average molecular weight is 184 g/mol. The molecule has 0 spiro atoms. The lowest BCUT2D eigenvalue weighted by atomic mass is 10.3. The average Bonchev–Trinajstić information content (AvgIpc) is 2.72. The highest BCUT2D eigenvalue weighted by atomic mass is 16.3. The van der Waals surface area contributed by atoms with Crippen molar-refractivity contribution >= 4 is 6.03 Å². The summed E-state index contributed by atoms with van der Waals surface area (Å²) in [5.74, 6) is 0. The van der Waals surface area contributed by atoms with Crippen LogP contribution in [0.2, 0.25) is 0 Å². The Morgan fingerprint density at radius 2 is 1.85 bits per heavy atom. The van der Waals surface area contributed by atoms with Crippen molar-refractivity contribution < 1.29 is 9.90 Å². The summed E-state index contributed by atoms with van der Waals surface area (Å²) in [6.45, 7) is 3.03. The molecule has 0 bridgehead atoms. The van der Waals surface area contributed by atoms with Crippen molar-refractivity contribution in [3.05, 3.63) is 0 Å². The Bertz CT molecular complexity index is 202. The largest absolute Gasteiger partial charge is 0.391 e. The molecule has 0 aliphatic carbocycles. The highest BCUT2D eigenvalue weighted by Gasteiger charge is 2.29. The molecule has 4 heteroatoms. The number of likely N-dealkylation sites (tertiary alicyclic amines) is 2. The molecule has 0 aromatic heterocycles. The van der Waals surface area contributed by atoms with Crippen LogP contribution in [0.5, 0.6) is 0 Å². The lowest BCUT2D eigenvalue weighted by Gasteiger charge is -2.23. The van der Waals surface area contributed by atoms with Gasteiger partial charge < -0.3 is 14.9 Å². The first-order valence-corrected chi connectivity index (χ1v) is 4.99. The number of aliphatic hydroxyl groups excluding tert-OH is 1.